The van der Waals surface area contributed by atoms with Crippen LogP contribution in [0.4, 0.5) is 19.0 Å². The molecule has 4 aromatic rings. The van der Waals surface area contributed by atoms with Crippen LogP contribution in [0.5, 0.6) is 0 Å². The van der Waals surface area contributed by atoms with E-state index in [2.05, 4.69) is 31.0 Å². The molecule has 1 amide bonds. The first-order valence-electron chi connectivity index (χ1n) is 10.9. The van der Waals surface area contributed by atoms with Gasteiger partial charge in [0, 0.05) is 43.8 Å². The number of piperazine rings is 1. The van der Waals surface area contributed by atoms with E-state index in [0.717, 1.165) is 47.6 Å². The number of halogens is 3. The number of alkyl halides is 3. The summed E-state index contributed by atoms with van der Waals surface area (Å²) < 4.78 is 35.4. The summed E-state index contributed by atoms with van der Waals surface area (Å²) in [5.41, 5.74) is 4.13. The summed E-state index contributed by atoms with van der Waals surface area (Å²) in [4.78, 5) is 30.6. The Morgan fingerprint density at radius 3 is 2.64 bits per heavy atom. The first-order valence-corrected chi connectivity index (χ1v) is 10.9. The van der Waals surface area contributed by atoms with Crippen molar-refractivity contribution in [1.82, 2.24) is 34.8 Å². The average Bonchev–Trinajstić information content (AvgIpc) is 3.39. The van der Waals surface area contributed by atoms with Gasteiger partial charge in [0.15, 0.2) is 5.65 Å². The molecule has 14 heteroatoms. The van der Waals surface area contributed by atoms with Crippen LogP contribution in [0.2, 0.25) is 0 Å². The predicted octanol–water partition coefficient (Wildman–Crippen LogP) is 2.04. The fraction of sp³-hybridized carbons (Fsp3) is 0.318. The highest BCUT2D eigenvalue weighted by atomic mass is 19.4. The summed E-state index contributed by atoms with van der Waals surface area (Å²) in [5, 5.41) is 22.3. The number of nitrogens with one attached hydrogen (secondary N) is 3. The number of carbonyl (C=O) groups excluding carboxylic acids is 1. The van der Waals surface area contributed by atoms with Crippen LogP contribution in [0.1, 0.15) is 27.8 Å². The lowest BCUT2D eigenvalue weighted by molar-refractivity contribution is -0.192. The van der Waals surface area contributed by atoms with Crippen molar-refractivity contribution < 1.29 is 27.9 Å². The number of aryl methyl sites for hydroxylation is 2. The zero-order chi connectivity index (χ0) is 26.0. The third kappa shape index (κ3) is 5.44. The van der Waals surface area contributed by atoms with Crippen molar-refractivity contribution in [1.29, 1.82) is 0 Å². The molecule has 0 aliphatic carbocycles. The molecule has 3 aromatic heterocycles. The Hall–Kier alpha value is -4.04. The molecular weight excluding hydrogens is 481 g/mol. The highest BCUT2D eigenvalue weighted by Crippen LogP contribution is 2.20. The molecule has 1 aromatic carbocycles. The van der Waals surface area contributed by atoms with Gasteiger partial charge in [-0.1, -0.05) is 6.07 Å². The van der Waals surface area contributed by atoms with Crippen LogP contribution in [-0.4, -0.2) is 66.9 Å². The number of aromatic nitrogens is 5. The smallest absolute Gasteiger partial charge is 0.475 e. The maximum absolute atomic E-state index is 12.7. The lowest BCUT2D eigenvalue weighted by Crippen LogP contribution is -2.42. The Morgan fingerprint density at radius 2 is 1.97 bits per heavy atom. The van der Waals surface area contributed by atoms with Crippen LogP contribution < -0.4 is 16.0 Å². The standard InChI is InChI=1S/C20H22N8O.C2HF3O2/c1-12-14-4-3-13(7-17(14)27(2)26-12)20(29)25-18-11-28-10-16(24-19(28)9-23-18)15-8-21-5-6-22-15;3-2(4,5)1(6)7/h3-4,7,9-11,15,21-22H,5-6,8H2,1-2H3,(H,25,29);(H,6,7)/t15-;/m1./s1. The number of nitrogens with zero attached hydrogens (tertiary/aromatic N) is 5. The van der Waals surface area contributed by atoms with Gasteiger partial charge >= 0.3 is 12.1 Å². The SMILES string of the molecule is Cc1nn(C)c2cc(C(=O)Nc3cn4cc([C@H]5CNCCN5)nc4cn3)ccc12.O=C(O)C(F)(F)F. The third-order valence-electron chi connectivity index (χ3n) is 5.54. The first-order chi connectivity index (χ1) is 17.0. The monoisotopic (exact) mass is 504 g/mol. The number of rotatable bonds is 3. The van der Waals surface area contributed by atoms with Gasteiger partial charge in [0.2, 0.25) is 0 Å². The Labute approximate surface area is 202 Å². The van der Waals surface area contributed by atoms with Crippen LogP contribution in [0.15, 0.2) is 36.8 Å². The Kier molecular flexibility index (Phi) is 6.90. The van der Waals surface area contributed by atoms with Crippen molar-refractivity contribution in [3.8, 4) is 0 Å². The number of anilines is 1. The fourth-order valence-electron chi connectivity index (χ4n) is 3.78. The predicted molar refractivity (Wildman–Crippen MR) is 124 cm³/mol. The number of hydrogen-bond donors (Lipinski definition) is 4. The van der Waals surface area contributed by atoms with Gasteiger partial charge in [-0.05, 0) is 19.1 Å². The number of carboxylic acids is 1. The molecule has 4 N–H and O–H groups in total. The zero-order valence-electron chi connectivity index (χ0n) is 19.3. The maximum atomic E-state index is 12.7. The van der Waals surface area contributed by atoms with Gasteiger partial charge in [-0.2, -0.15) is 18.3 Å². The van der Waals surface area contributed by atoms with Crippen molar-refractivity contribution in [3.05, 3.63) is 53.7 Å². The summed E-state index contributed by atoms with van der Waals surface area (Å²) in [6.07, 6.45) is 0.345. The first kappa shape index (κ1) is 25.1. The van der Waals surface area contributed by atoms with Crippen LogP contribution in [0.3, 0.4) is 0 Å². The molecule has 1 fully saturated rings. The molecule has 1 aliphatic rings. The van der Waals surface area contributed by atoms with E-state index in [-0.39, 0.29) is 11.9 Å². The molecule has 0 bridgehead atoms. The minimum Gasteiger partial charge on any atom is -0.475 e. The van der Waals surface area contributed by atoms with E-state index in [1.54, 1.807) is 17.1 Å². The quantitative estimate of drug-likeness (QED) is 0.333. The van der Waals surface area contributed by atoms with Crippen molar-refractivity contribution >= 4 is 34.2 Å². The summed E-state index contributed by atoms with van der Waals surface area (Å²) in [6.45, 7) is 4.68. The van der Waals surface area contributed by atoms with Gasteiger partial charge < -0.3 is 25.5 Å². The average molecular weight is 504 g/mol. The van der Waals surface area contributed by atoms with E-state index in [9.17, 15) is 18.0 Å². The van der Waals surface area contributed by atoms with Gasteiger partial charge in [0.05, 0.1) is 35.3 Å². The molecule has 36 heavy (non-hydrogen) atoms. The second kappa shape index (κ2) is 9.91. The van der Waals surface area contributed by atoms with Crippen molar-refractivity contribution in [2.45, 2.75) is 19.1 Å². The fourth-order valence-corrected chi connectivity index (χ4v) is 3.78. The van der Waals surface area contributed by atoms with Gasteiger partial charge in [0.1, 0.15) is 5.82 Å². The van der Waals surface area contributed by atoms with Crippen molar-refractivity contribution in [3.63, 3.8) is 0 Å². The number of benzene rings is 1. The number of hydrogen-bond acceptors (Lipinski definition) is 7. The van der Waals surface area contributed by atoms with Gasteiger partial charge in [0.25, 0.3) is 5.91 Å². The number of aliphatic carboxylic acids is 1. The summed E-state index contributed by atoms with van der Waals surface area (Å²) in [6, 6.07) is 5.76. The minimum atomic E-state index is -5.08. The second-order valence-corrected chi connectivity index (χ2v) is 8.11. The molecule has 0 radical (unpaired) electrons. The van der Waals surface area contributed by atoms with Crippen LogP contribution in [-0.2, 0) is 11.8 Å². The highest BCUT2D eigenvalue weighted by molar-refractivity contribution is 6.05. The minimum absolute atomic E-state index is 0.177. The molecule has 5 rings (SSSR count). The van der Waals surface area contributed by atoms with E-state index in [1.165, 1.54) is 0 Å². The van der Waals surface area contributed by atoms with E-state index in [1.807, 2.05) is 42.8 Å². The van der Waals surface area contributed by atoms with Crippen LogP contribution in [0, 0.1) is 6.92 Å². The van der Waals surface area contributed by atoms with Crippen molar-refractivity contribution in [2.75, 3.05) is 25.0 Å². The topological polar surface area (TPSA) is 138 Å². The number of carboxylic acid groups (broad SMARTS) is 1. The van der Waals surface area contributed by atoms with Gasteiger partial charge in [-0.3, -0.25) is 9.48 Å². The highest BCUT2D eigenvalue weighted by Gasteiger charge is 2.38. The summed E-state index contributed by atoms with van der Waals surface area (Å²) >= 11 is 0. The number of imidazole rings is 1. The number of amides is 1. The molecular formula is C22H23F3N8O3. The van der Waals surface area contributed by atoms with Crippen LogP contribution >= 0.6 is 0 Å². The van der Waals surface area contributed by atoms with E-state index in [4.69, 9.17) is 9.90 Å². The van der Waals surface area contributed by atoms with Gasteiger partial charge in [-0.15, -0.1) is 0 Å². The molecule has 0 spiro atoms. The number of fused-ring (bicyclic) bond motifs is 2. The normalized spacial score (nSPS) is 16.0. The summed E-state index contributed by atoms with van der Waals surface area (Å²) in [7, 11) is 1.87. The third-order valence-corrected chi connectivity index (χ3v) is 5.54. The molecule has 1 atom stereocenters. The second-order valence-electron chi connectivity index (χ2n) is 8.11. The van der Waals surface area contributed by atoms with Crippen LogP contribution in [0.25, 0.3) is 16.6 Å². The van der Waals surface area contributed by atoms with E-state index in [0.29, 0.717) is 11.4 Å². The lowest BCUT2D eigenvalue weighted by atomic mass is 10.1. The maximum Gasteiger partial charge on any atom is 0.490 e. The van der Waals surface area contributed by atoms with Gasteiger partial charge in [-0.25, -0.2) is 14.8 Å². The molecule has 0 unspecified atom stereocenters. The molecule has 0 saturated carbocycles. The number of carbonyl (C=O) groups is 2. The zero-order valence-corrected chi connectivity index (χ0v) is 19.3. The van der Waals surface area contributed by atoms with E-state index >= 15 is 0 Å². The largest absolute Gasteiger partial charge is 0.490 e. The molecule has 1 saturated heterocycles. The Morgan fingerprint density at radius 1 is 1.22 bits per heavy atom. The molecule has 11 nitrogen and oxygen atoms in total. The Bertz CT molecular complexity index is 1420. The molecule has 190 valence electrons. The molecule has 1 aliphatic heterocycles. The van der Waals surface area contributed by atoms with Crippen molar-refractivity contribution in [2.24, 2.45) is 7.05 Å². The van der Waals surface area contributed by atoms with E-state index < -0.39 is 12.1 Å². The lowest BCUT2D eigenvalue weighted by Gasteiger charge is -2.22. The molecule has 4 heterocycles. The Balaban J connectivity index is 0.000000384. The summed E-state index contributed by atoms with van der Waals surface area (Å²) in [5.74, 6) is -2.49.